The Labute approximate surface area is 161 Å². The molecule has 0 bridgehead atoms. The summed E-state index contributed by atoms with van der Waals surface area (Å²) >= 11 is 3.36. The van der Waals surface area contributed by atoms with Crippen molar-refractivity contribution in [3.05, 3.63) is 58.6 Å². The fourth-order valence-electron chi connectivity index (χ4n) is 2.43. The monoisotopic (exact) mass is 420 g/mol. The Hall–Kier alpha value is -2.38. The van der Waals surface area contributed by atoms with Crippen molar-refractivity contribution in [3.63, 3.8) is 0 Å². The average Bonchev–Trinajstić information content (AvgIpc) is 2.62. The van der Waals surface area contributed by atoms with E-state index in [2.05, 4.69) is 26.6 Å². The topological polar surface area (TPSA) is 71.9 Å². The minimum Gasteiger partial charge on any atom is -0.497 e. The van der Waals surface area contributed by atoms with E-state index in [1.807, 2.05) is 49.5 Å². The average molecular weight is 421 g/mol. The molecule has 0 heterocycles. The molecule has 26 heavy (non-hydrogen) atoms. The first-order valence-electron chi connectivity index (χ1n) is 8.23. The Morgan fingerprint density at radius 3 is 2.42 bits per heavy atom. The number of halogens is 1. The number of para-hydroxylation sites is 1. The van der Waals surface area contributed by atoms with Crippen LogP contribution >= 0.6 is 15.9 Å². The van der Waals surface area contributed by atoms with E-state index in [4.69, 9.17) is 4.74 Å². The summed E-state index contributed by atoms with van der Waals surface area (Å²) in [5, 5.41) is 5.40. The number of hydrogen-bond acceptors (Lipinski definition) is 3. The Balaban J connectivity index is 1.73. The highest BCUT2D eigenvalue weighted by Gasteiger charge is 2.12. The van der Waals surface area contributed by atoms with Gasteiger partial charge in [0, 0.05) is 10.0 Å². The van der Waals surface area contributed by atoms with E-state index in [1.54, 1.807) is 13.2 Å². The van der Waals surface area contributed by atoms with E-state index in [1.165, 1.54) is 0 Å². The molecule has 138 valence electrons. The van der Waals surface area contributed by atoms with Gasteiger partial charge in [0.2, 0.25) is 5.91 Å². The van der Waals surface area contributed by atoms with Gasteiger partial charge in [0.15, 0.2) is 6.54 Å². The molecular weight excluding hydrogens is 398 g/mol. The van der Waals surface area contributed by atoms with Crippen molar-refractivity contribution in [2.75, 3.05) is 32.6 Å². The number of quaternary nitrogens is 1. The predicted molar refractivity (Wildman–Crippen MR) is 104 cm³/mol. The molecule has 1 atom stereocenters. The molecule has 0 fully saturated rings. The summed E-state index contributed by atoms with van der Waals surface area (Å²) in [5.74, 6) is 0.372. The van der Waals surface area contributed by atoms with Gasteiger partial charge in [-0.15, -0.1) is 0 Å². The number of benzene rings is 2. The van der Waals surface area contributed by atoms with Crippen LogP contribution in [0.1, 0.15) is 5.56 Å². The number of methoxy groups -OCH3 is 1. The lowest BCUT2D eigenvalue weighted by molar-refractivity contribution is -0.885. The van der Waals surface area contributed by atoms with Crippen molar-refractivity contribution in [3.8, 4) is 5.75 Å². The Morgan fingerprint density at radius 2 is 1.77 bits per heavy atom. The maximum atomic E-state index is 12.0. The standard InChI is InChI=1S/C19H22BrN3O3/c1-23(12-14-7-9-15(26-2)10-8-14)13-19(25)21-11-18(24)22-17-6-4-3-5-16(17)20/h3-10H,11-13H2,1-2H3,(H,21,25)(H,22,24)/p+1. The lowest BCUT2D eigenvalue weighted by atomic mass is 10.2. The van der Waals surface area contributed by atoms with Gasteiger partial charge < -0.3 is 20.3 Å². The maximum absolute atomic E-state index is 12.0. The van der Waals surface area contributed by atoms with E-state index in [-0.39, 0.29) is 24.9 Å². The highest BCUT2D eigenvalue weighted by Crippen LogP contribution is 2.20. The molecule has 0 aliphatic rings. The molecule has 7 heteroatoms. The molecule has 0 saturated carbocycles. The van der Waals surface area contributed by atoms with Gasteiger partial charge in [-0.1, -0.05) is 12.1 Å². The van der Waals surface area contributed by atoms with Crippen LogP contribution in [0.4, 0.5) is 5.69 Å². The Bertz CT molecular complexity index is 750. The van der Waals surface area contributed by atoms with Crippen molar-refractivity contribution >= 4 is 33.4 Å². The van der Waals surface area contributed by atoms with Crippen molar-refractivity contribution in [1.82, 2.24) is 5.32 Å². The van der Waals surface area contributed by atoms with Crippen LogP contribution in [-0.2, 0) is 16.1 Å². The molecule has 6 nitrogen and oxygen atoms in total. The zero-order valence-electron chi connectivity index (χ0n) is 14.8. The van der Waals surface area contributed by atoms with Crippen LogP contribution in [0.3, 0.4) is 0 Å². The van der Waals surface area contributed by atoms with Gasteiger partial charge in [-0.05, 0) is 52.3 Å². The second-order valence-corrected chi connectivity index (χ2v) is 6.82. The summed E-state index contributed by atoms with van der Waals surface area (Å²) in [6, 6.07) is 15.1. The third-order valence-electron chi connectivity index (χ3n) is 3.72. The van der Waals surface area contributed by atoms with E-state index < -0.39 is 0 Å². The molecule has 3 N–H and O–H groups in total. The fourth-order valence-corrected chi connectivity index (χ4v) is 2.81. The van der Waals surface area contributed by atoms with E-state index in [0.29, 0.717) is 12.2 Å². The van der Waals surface area contributed by atoms with E-state index >= 15 is 0 Å². The van der Waals surface area contributed by atoms with Gasteiger partial charge in [0.25, 0.3) is 5.91 Å². The van der Waals surface area contributed by atoms with Crippen molar-refractivity contribution in [2.45, 2.75) is 6.54 Å². The molecule has 0 aromatic heterocycles. The summed E-state index contributed by atoms with van der Waals surface area (Å²) in [4.78, 5) is 25.0. The van der Waals surface area contributed by atoms with E-state index in [0.717, 1.165) is 20.7 Å². The number of hydrogen-bond donors (Lipinski definition) is 3. The number of likely N-dealkylation sites (N-methyl/N-ethyl adjacent to an activating group) is 1. The smallest absolute Gasteiger partial charge is 0.275 e. The number of anilines is 1. The van der Waals surface area contributed by atoms with Crippen molar-refractivity contribution in [1.29, 1.82) is 0 Å². The molecule has 0 saturated heterocycles. The minimum atomic E-state index is -0.266. The second kappa shape index (κ2) is 9.94. The highest BCUT2D eigenvalue weighted by molar-refractivity contribution is 9.10. The lowest BCUT2D eigenvalue weighted by Crippen LogP contribution is -3.08. The number of carbonyl (C=O) groups is 2. The van der Waals surface area contributed by atoms with Gasteiger partial charge >= 0.3 is 0 Å². The first-order valence-corrected chi connectivity index (χ1v) is 9.02. The molecule has 0 spiro atoms. The van der Waals surface area contributed by atoms with Gasteiger partial charge in [-0.2, -0.15) is 0 Å². The van der Waals surface area contributed by atoms with Crippen LogP contribution in [0.25, 0.3) is 0 Å². The number of nitrogens with one attached hydrogen (secondary N) is 3. The van der Waals surface area contributed by atoms with Gasteiger partial charge in [0.05, 0.1) is 26.4 Å². The molecule has 2 amide bonds. The SMILES string of the molecule is COc1ccc(C[NH+](C)CC(=O)NCC(=O)Nc2ccccc2Br)cc1. The fraction of sp³-hybridized carbons (Fsp3) is 0.263. The van der Waals surface area contributed by atoms with Crippen molar-refractivity contribution < 1.29 is 19.2 Å². The number of amides is 2. The zero-order valence-corrected chi connectivity index (χ0v) is 16.4. The van der Waals surface area contributed by atoms with E-state index in [9.17, 15) is 9.59 Å². The van der Waals surface area contributed by atoms with Gasteiger partial charge in [-0.3, -0.25) is 9.59 Å². The second-order valence-electron chi connectivity index (χ2n) is 5.96. The summed E-state index contributed by atoms with van der Waals surface area (Å²) < 4.78 is 5.93. The Kier molecular flexibility index (Phi) is 7.62. The molecule has 2 rings (SSSR count). The molecule has 1 unspecified atom stereocenters. The number of rotatable bonds is 8. The van der Waals surface area contributed by atoms with Crippen LogP contribution in [0, 0.1) is 0 Å². The molecule has 0 aliphatic heterocycles. The number of carbonyl (C=O) groups excluding carboxylic acids is 2. The van der Waals surface area contributed by atoms with Crippen LogP contribution in [0.2, 0.25) is 0 Å². The molecule has 0 aliphatic carbocycles. The van der Waals surface area contributed by atoms with Crippen LogP contribution in [0.5, 0.6) is 5.75 Å². The minimum absolute atomic E-state index is 0.0595. The predicted octanol–water partition coefficient (Wildman–Crippen LogP) is 1.23. The molecule has 2 aromatic rings. The first kappa shape index (κ1) is 19.9. The van der Waals surface area contributed by atoms with Crippen LogP contribution < -0.4 is 20.3 Å². The summed E-state index contributed by atoms with van der Waals surface area (Å²) in [6.07, 6.45) is 0. The highest BCUT2D eigenvalue weighted by atomic mass is 79.9. The summed E-state index contributed by atoms with van der Waals surface area (Å²) in [7, 11) is 3.56. The lowest BCUT2D eigenvalue weighted by Gasteiger charge is -2.14. The number of ether oxygens (including phenoxy) is 1. The quantitative estimate of drug-likeness (QED) is 0.601. The largest absolute Gasteiger partial charge is 0.497 e. The van der Waals surface area contributed by atoms with Crippen molar-refractivity contribution in [2.24, 2.45) is 0 Å². The molecular formula is C19H23BrN3O3+. The summed E-state index contributed by atoms with van der Waals surface area (Å²) in [6.45, 7) is 0.935. The molecule has 0 radical (unpaired) electrons. The van der Waals surface area contributed by atoms with Crippen LogP contribution in [0.15, 0.2) is 53.0 Å². The van der Waals surface area contributed by atoms with Gasteiger partial charge in [-0.25, -0.2) is 0 Å². The zero-order chi connectivity index (χ0) is 18.9. The Morgan fingerprint density at radius 1 is 1.08 bits per heavy atom. The third kappa shape index (κ3) is 6.50. The van der Waals surface area contributed by atoms with Gasteiger partial charge in [0.1, 0.15) is 12.3 Å². The normalized spacial score (nSPS) is 11.5. The molecule has 2 aromatic carbocycles. The first-order chi connectivity index (χ1) is 12.5. The third-order valence-corrected chi connectivity index (χ3v) is 4.41. The maximum Gasteiger partial charge on any atom is 0.275 e. The summed E-state index contributed by atoms with van der Waals surface area (Å²) in [5.41, 5.74) is 1.79. The van der Waals surface area contributed by atoms with Crippen LogP contribution in [-0.4, -0.2) is 39.1 Å².